The molecule has 0 radical (unpaired) electrons. The molecule has 1 aromatic rings. The Morgan fingerprint density at radius 2 is 2.00 bits per heavy atom. The molecule has 1 aliphatic rings. The monoisotopic (exact) mass is 205 g/mol. The number of methoxy groups -OCH3 is 1. The molecule has 2 rings (SSSR count). The summed E-state index contributed by atoms with van der Waals surface area (Å²) in [7, 11) is 1.69. The minimum Gasteiger partial charge on any atom is -0.497 e. The summed E-state index contributed by atoms with van der Waals surface area (Å²) in [6, 6.07) is 8.68. The van der Waals surface area contributed by atoms with E-state index in [2.05, 4.69) is 12.1 Å². The highest BCUT2D eigenvalue weighted by atomic mass is 16.5. The Labute approximate surface area is 91.4 Å². The van der Waals surface area contributed by atoms with Gasteiger partial charge in [0.25, 0.3) is 0 Å². The lowest BCUT2D eigenvalue weighted by molar-refractivity contribution is 0.414. The Balaban J connectivity index is 1.81. The largest absolute Gasteiger partial charge is 0.497 e. The Hall–Kier alpha value is -1.02. The Bertz CT molecular complexity index is 303. The summed E-state index contributed by atoms with van der Waals surface area (Å²) in [5, 5.41) is 0. The second-order valence-electron chi connectivity index (χ2n) is 4.39. The summed E-state index contributed by atoms with van der Waals surface area (Å²) >= 11 is 0. The smallest absolute Gasteiger partial charge is 0.118 e. The molecule has 1 aliphatic carbocycles. The lowest BCUT2D eigenvalue weighted by Gasteiger charge is -2.09. The molecule has 1 fully saturated rings. The lowest BCUT2D eigenvalue weighted by atomic mass is 10.0. The van der Waals surface area contributed by atoms with E-state index in [1.54, 1.807) is 7.11 Å². The minimum absolute atomic E-state index is 0.409. The van der Waals surface area contributed by atoms with Gasteiger partial charge in [0.05, 0.1) is 7.11 Å². The second kappa shape index (κ2) is 4.67. The van der Waals surface area contributed by atoms with Gasteiger partial charge >= 0.3 is 0 Å². The second-order valence-corrected chi connectivity index (χ2v) is 4.39. The standard InChI is InChI=1S/C13H19NO/c1-15-12-7-2-10(3-8-12)4-9-13(14)11-5-6-11/h2-3,7-8,11,13H,4-6,9,14H2,1H3. The molecule has 2 heteroatoms. The van der Waals surface area contributed by atoms with Gasteiger partial charge < -0.3 is 10.5 Å². The van der Waals surface area contributed by atoms with Crippen LogP contribution >= 0.6 is 0 Å². The summed E-state index contributed by atoms with van der Waals surface area (Å²) in [5.74, 6) is 1.73. The van der Waals surface area contributed by atoms with Gasteiger partial charge in [0.1, 0.15) is 5.75 Å². The third-order valence-corrected chi connectivity index (χ3v) is 3.15. The highest BCUT2D eigenvalue weighted by Crippen LogP contribution is 2.33. The van der Waals surface area contributed by atoms with E-state index in [9.17, 15) is 0 Å². The van der Waals surface area contributed by atoms with E-state index in [-0.39, 0.29) is 0 Å². The number of hydrogen-bond acceptors (Lipinski definition) is 2. The van der Waals surface area contributed by atoms with Crippen molar-refractivity contribution >= 4 is 0 Å². The summed E-state index contributed by atoms with van der Waals surface area (Å²) in [4.78, 5) is 0. The fourth-order valence-corrected chi connectivity index (χ4v) is 1.89. The number of nitrogens with two attached hydrogens (primary N) is 1. The fourth-order valence-electron chi connectivity index (χ4n) is 1.89. The Morgan fingerprint density at radius 3 is 2.53 bits per heavy atom. The highest BCUT2D eigenvalue weighted by Gasteiger charge is 2.27. The van der Waals surface area contributed by atoms with Gasteiger partial charge in [-0.25, -0.2) is 0 Å². The Kier molecular flexibility index (Phi) is 3.27. The van der Waals surface area contributed by atoms with Crippen molar-refractivity contribution in [3.63, 3.8) is 0 Å². The number of ether oxygens (including phenoxy) is 1. The lowest BCUT2D eigenvalue weighted by Crippen LogP contribution is -2.22. The van der Waals surface area contributed by atoms with E-state index in [0.29, 0.717) is 6.04 Å². The molecule has 0 heterocycles. The molecule has 1 atom stereocenters. The number of hydrogen-bond donors (Lipinski definition) is 1. The molecule has 0 aromatic heterocycles. The van der Waals surface area contributed by atoms with Crippen LogP contribution in [0.1, 0.15) is 24.8 Å². The van der Waals surface area contributed by atoms with Crippen molar-refractivity contribution in [1.29, 1.82) is 0 Å². The molecule has 2 N–H and O–H groups in total. The first-order chi connectivity index (χ1) is 7.29. The van der Waals surface area contributed by atoms with Gasteiger partial charge in [-0.3, -0.25) is 0 Å². The maximum atomic E-state index is 6.06. The van der Waals surface area contributed by atoms with Crippen molar-refractivity contribution < 1.29 is 4.74 Å². The van der Waals surface area contributed by atoms with E-state index in [0.717, 1.165) is 24.5 Å². The number of aryl methyl sites for hydroxylation is 1. The van der Waals surface area contributed by atoms with Crippen molar-refractivity contribution in [3.05, 3.63) is 29.8 Å². The average molecular weight is 205 g/mol. The molecule has 0 aliphatic heterocycles. The third-order valence-electron chi connectivity index (χ3n) is 3.15. The van der Waals surface area contributed by atoms with Crippen LogP contribution in [0.15, 0.2) is 24.3 Å². The fraction of sp³-hybridized carbons (Fsp3) is 0.538. The van der Waals surface area contributed by atoms with Crippen molar-refractivity contribution in [2.24, 2.45) is 11.7 Å². The van der Waals surface area contributed by atoms with E-state index in [4.69, 9.17) is 10.5 Å². The van der Waals surface area contributed by atoms with Crippen LogP contribution in [0.5, 0.6) is 5.75 Å². The van der Waals surface area contributed by atoms with Crippen LogP contribution in [-0.4, -0.2) is 13.2 Å². The maximum absolute atomic E-state index is 6.06. The van der Waals surface area contributed by atoms with Crippen LogP contribution in [0, 0.1) is 5.92 Å². The average Bonchev–Trinajstić information content (AvgIpc) is 3.10. The number of benzene rings is 1. The van der Waals surface area contributed by atoms with E-state index in [1.807, 2.05) is 12.1 Å². The van der Waals surface area contributed by atoms with Gasteiger partial charge in [0.2, 0.25) is 0 Å². The minimum atomic E-state index is 0.409. The highest BCUT2D eigenvalue weighted by molar-refractivity contribution is 5.27. The summed E-state index contributed by atoms with van der Waals surface area (Å²) in [5.41, 5.74) is 7.41. The van der Waals surface area contributed by atoms with Gasteiger partial charge in [-0.2, -0.15) is 0 Å². The van der Waals surface area contributed by atoms with Crippen molar-refractivity contribution in [2.45, 2.75) is 31.7 Å². The van der Waals surface area contributed by atoms with Crippen LogP contribution in [0.4, 0.5) is 0 Å². The molecule has 15 heavy (non-hydrogen) atoms. The first-order valence-corrected chi connectivity index (χ1v) is 5.68. The molecule has 0 spiro atoms. The molecule has 82 valence electrons. The molecular formula is C13H19NO. The van der Waals surface area contributed by atoms with Crippen molar-refractivity contribution in [1.82, 2.24) is 0 Å². The van der Waals surface area contributed by atoms with E-state index < -0.39 is 0 Å². The molecular weight excluding hydrogens is 186 g/mol. The van der Waals surface area contributed by atoms with Gasteiger partial charge in [-0.15, -0.1) is 0 Å². The van der Waals surface area contributed by atoms with Gasteiger partial charge in [-0.1, -0.05) is 12.1 Å². The quantitative estimate of drug-likeness (QED) is 0.801. The van der Waals surface area contributed by atoms with Gasteiger partial charge in [0.15, 0.2) is 0 Å². The van der Waals surface area contributed by atoms with Crippen LogP contribution in [-0.2, 0) is 6.42 Å². The Morgan fingerprint density at radius 1 is 1.33 bits per heavy atom. The zero-order chi connectivity index (χ0) is 10.7. The van der Waals surface area contributed by atoms with Gasteiger partial charge in [0, 0.05) is 6.04 Å². The van der Waals surface area contributed by atoms with Crippen LogP contribution in [0.3, 0.4) is 0 Å². The zero-order valence-electron chi connectivity index (χ0n) is 9.28. The normalized spacial score (nSPS) is 17.5. The molecule has 0 amide bonds. The SMILES string of the molecule is COc1ccc(CCC(N)C2CC2)cc1. The maximum Gasteiger partial charge on any atom is 0.118 e. The summed E-state index contributed by atoms with van der Waals surface area (Å²) < 4.78 is 5.12. The predicted molar refractivity (Wildman–Crippen MR) is 62.0 cm³/mol. The van der Waals surface area contributed by atoms with Crippen molar-refractivity contribution in [3.8, 4) is 5.75 Å². The van der Waals surface area contributed by atoms with Crippen molar-refractivity contribution in [2.75, 3.05) is 7.11 Å². The number of rotatable bonds is 5. The van der Waals surface area contributed by atoms with E-state index >= 15 is 0 Å². The van der Waals surface area contributed by atoms with E-state index in [1.165, 1.54) is 18.4 Å². The van der Waals surface area contributed by atoms with Crippen LogP contribution in [0.25, 0.3) is 0 Å². The topological polar surface area (TPSA) is 35.2 Å². The van der Waals surface area contributed by atoms with Crippen LogP contribution in [0.2, 0.25) is 0 Å². The summed E-state index contributed by atoms with van der Waals surface area (Å²) in [6.45, 7) is 0. The molecule has 1 saturated carbocycles. The van der Waals surface area contributed by atoms with Crippen LogP contribution < -0.4 is 10.5 Å². The molecule has 1 aromatic carbocycles. The third kappa shape index (κ3) is 2.96. The molecule has 0 bridgehead atoms. The first-order valence-electron chi connectivity index (χ1n) is 5.68. The summed E-state index contributed by atoms with van der Waals surface area (Å²) in [6.07, 6.45) is 4.87. The molecule has 0 saturated heterocycles. The molecule has 2 nitrogen and oxygen atoms in total. The first kappa shape index (κ1) is 10.5. The molecule has 1 unspecified atom stereocenters. The zero-order valence-corrected chi connectivity index (χ0v) is 9.28. The predicted octanol–water partition coefficient (Wildman–Crippen LogP) is 2.37. The van der Waals surface area contributed by atoms with Gasteiger partial charge in [-0.05, 0) is 49.3 Å².